The molecule has 0 saturated heterocycles. The summed E-state index contributed by atoms with van der Waals surface area (Å²) in [4.78, 5) is -0.0426. The average Bonchev–Trinajstić information content (AvgIpc) is 2.19. The van der Waals surface area contributed by atoms with Crippen LogP contribution in [0, 0.1) is 6.92 Å². The van der Waals surface area contributed by atoms with E-state index in [2.05, 4.69) is 0 Å². The topological polar surface area (TPSA) is 54.4 Å². The van der Waals surface area contributed by atoms with Crippen molar-refractivity contribution in [3.05, 3.63) is 29.3 Å². The van der Waals surface area contributed by atoms with Gasteiger partial charge in [0.15, 0.2) is 0 Å². The van der Waals surface area contributed by atoms with Crippen molar-refractivity contribution < 1.29 is 13.0 Å². The lowest BCUT2D eigenvalue weighted by Gasteiger charge is -2.07. The molecule has 0 spiro atoms. The lowest BCUT2D eigenvalue weighted by atomic mass is 10.0. The van der Waals surface area contributed by atoms with Crippen molar-refractivity contribution in [3.63, 3.8) is 0 Å². The van der Waals surface area contributed by atoms with Gasteiger partial charge in [0.25, 0.3) is 10.1 Å². The highest BCUT2D eigenvalue weighted by molar-refractivity contribution is 7.85. The molecule has 1 aromatic carbocycles. The standard InChI is InChI=1S/C11H15ClO3S/c1-9-5-6-11(16(13,14)15)8-10(9)4-2-3-7-12/h5-6,8H,2-4,7H2,1H3,(H,13,14,15). The van der Waals surface area contributed by atoms with Gasteiger partial charge in [0.1, 0.15) is 0 Å². The minimum Gasteiger partial charge on any atom is -0.282 e. The number of benzene rings is 1. The molecule has 1 rings (SSSR count). The Kier molecular flexibility index (Phi) is 4.77. The van der Waals surface area contributed by atoms with Crippen molar-refractivity contribution in [2.45, 2.75) is 31.1 Å². The Balaban J connectivity index is 2.91. The van der Waals surface area contributed by atoms with Gasteiger partial charge < -0.3 is 0 Å². The maximum atomic E-state index is 11.0. The van der Waals surface area contributed by atoms with Crippen LogP contribution in [0.1, 0.15) is 24.0 Å². The molecule has 0 radical (unpaired) electrons. The van der Waals surface area contributed by atoms with Crippen molar-refractivity contribution in [2.75, 3.05) is 5.88 Å². The summed E-state index contributed by atoms with van der Waals surface area (Å²) in [7, 11) is -4.10. The van der Waals surface area contributed by atoms with Crippen LogP contribution in [0.4, 0.5) is 0 Å². The summed E-state index contributed by atoms with van der Waals surface area (Å²) >= 11 is 5.58. The van der Waals surface area contributed by atoms with Crippen molar-refractivity contribution in [1.29, 1.82) is 0 Å². The van der Waals surface area contributed by atoms with E-state index < -0.39 is 10.1 Å². The molecule has 0 bridgehead atoms. The minimum absolute atomic E-state index is 0.0426. The first kappa shape index (κ1) is 13.5. The van der Waals surface area contributed by atoms with Gasteiger partial charge in [-0.05, 0) is 49.4 Å². The van der Waals surface area contributed by atoms with Gasteiger partial charge >= 0.3 is 0 Å². The van der Waals surface area contributed by atoms with Gasteiger partial charge in [-0.15, -0.1) is 11.6 Å². The highest BCUT2D eigenvalue weighted by Gasteiger charge is 2.10. The molecule has 1 N–H and O–H groups in total. The molecule has 3 nitrogen and oxygen atoms in total. The summed E-state index contributed by atoms with van der Waals surface area (Å²) < 4.78 is 30.8. The van der Waals surface area contributed by atoms with E-state index in [4.69, 9.17) is 16.2 Å². The van der Waals surface area contributed by atoms with Crippen LogP contribution in [0.2, 0.25) is 0 Å². The molecule has 0 aliphatic carbocycles. The van der Waals surface area contributed by atoms with E-state index in [0.29, 0.717) is 5.88 Å². The van der Waals surface area contributed by atoms with Gasteiger partial charge in [-0.25, -0.2) is 0 Å². The normalized spacial score (nSPS) is 11.7. The second-order valence-corrected chi connectivity index (χ2v) is 5.51. The molecule has 0 atom stereocenters. The Morgan fingerprint density at radius 2 is 2.00 bits per heavy atom. The Morgan fingerprint density at radius 3 is 2.56 bits per heavy atom. The third-order valence-electron chi connectivity index (χ3n) is 2.45. The van der Waals surface area contributed by atoms with Gasteiger partial charge in [-0.3, -0.25) is 4.55 Å². The fourth-order valence-corrected chi connectivity index (χ4v) is 2.21. The zero-order valence-electron chi connectivity index (χ0n) is 9.11. The van der Waals surface area contributed by atoms with Crippen LogP contribution in [0.25, 0.3) is 0 Å². The van der Waals surface area contributed by atoms with Crippen LogP contribution >= 0.6 is 11.6 Å². The van der Waals surface area contributed by atoms with Crippen molar-refractivity contribution in [2.24, 2.45) is 0 Å². The van der Waals surface area contributed by atoms with Crippen LogP contribution in [-0.4, -0.2) is 18.9 Å². The number of hydrogen-bond donors (Lipinski definition) is 1. The first-order valence-electron chi connectivity index (χ1n) is 5.08. The van der Waals surface area contributed by atoms with E-state index in [9.17, 15) is 8.42 Å². The van der Waals surface area contributed by atoms with Gasteiger partial charge in [0, 0.05) is 5.88 Å². The molecule has 0 aromatic heterocycles. The fraction of sp³-hybridized carbons (Fsp3) is 0.455. The van der Waals surface area contributed by atoms with Crippen molar-refractivity contribution >= 4 is 21.7 Å². The second-order valence-electron chi connectivity index (χ2n) is 3.71. The molecule has 0 aliphatic heterocycles. The lowest BCUT2D eigenvalue weighted by Crippen LogP contribution is -2.00. The molecular weight excluding hydrogens is 248 g/mol. The van der Waals surface area contributed by atoms with Crippen LogP contribution in [0.5, 0.6) is 0 Å². The highest BCUT2D eigenvalue weighted by atomic mass is 35.5. The van der Waals surface area contributed by atoms with Crippen LogP contribution in [0.15, 0.2) is 23.1 Å². The smallest absolute Gasteiger partial charge is 0.282 e. The first-order chi connectivity index (χ1) is 7.45. The molecule has 0 fully saturated rings. The average molecular weight is 263 g/mol. The fourth-order valence-electron chi connectivity index (χ4n) is 1.49. The number of aryl methyl sites for hydroxylation is 2. The molecule has 0 unspecified atom stereocenters. The number of hydrogen-bond acceptors (Lipinski definition) is 2. The quantitative estimate of drug-likeness (QED) is 0.504. The SMILES string of the molecule is Cc1ccc(S(=O)(=O)O)cc1CCCCCl. The van der Waals surface area contributed by atoms with Gasteiger partial charge in [-0.1, -0.05) is 6.07 Å². The maximum absolute atomic E-state index is 11.0. The van der Waals surface area contributed by atoms with Crippen molar-refractivity contribution in [3.8, 4) is 0 Å². The largest absolute Gasteiger partial charge is 0.294 e. The first-order valence-corrected chi connectivity index (χ1v) is 7.05. The summed E-state index contributed by atoms with van der Waals surface area (Å²) in [5.41, 5.74) is 1.97. The number of unbranched alkanes of at least 4 members (excludes halogenated alkanes) is 1. The van der Waals surface area contributed by atoms with Gasteiger partial charge in [0.2, 0.25) is 0 Å². The van der Waals surface area contributed by atoms with E-state index in [1.165, 1.54) is 12.1 Å². The highest BCUT2D eigenvalue weighted by Crippen LogP contribution is 2.17. The Hall–Kier alpha value is -0.580. The zero-order valence-corrected chi connectivity index (χ0v) is 10.7. The summed E-state index contributed by atoms with van der Waals surface area (Å²) in [6, 6.07) is 4.65. The number of halogens is 1. The molecule has 16 heavy (non-hydrogen) atoms. The van der Waals surface area contributed by atoms with Crippen molar-refractivity contribution in [1.82, 2.24) is 0 Å². The lowest BCUT2D eigenvalue weighted by molar-refractivity contribution is 0.483. The van der Waals surface area contributed by atoms with Gasteiger partial charge in [-0.2, -0.15) is 8.42 Å². The Morgan fingerprint density at radius 1 is 1.31 bits per heavy atom. The predicted molar refractivity (Wildman–Crippen MR) is 64.7 cm³/mol. The van der Waals surface area contributed by atoms with E-state index in [1.54, 1.807) is 6.07 Å². The van der Waals surface area contributed by atoms with E-state index in [0.717, 1.165) is 30.4 Å². The molecule has 1 aromatic rings. The second kappa shape index (κ2) is 5.66. The minimum atomic E-state index is -4.10. The molecule has 0 heterocycles. The Labute approximate surface area is 101 Å². The predicted octanol–water partition coefficient (Wildman–Crippen LogP) is 2.80. The molecular formula is C11H15ClO3S. The summed E-state index contributed by atoms with van der Waals surface area (Å²) in [5, 5.41) is 0. The third kappa shape index (κ3) is 3.77. The van der Waals surface area contributed by atoms with Crippen LogP contribution in [-0.2, 0) is 16.5 Å². The number of rotatable bonds is 5. The number of alkyl halides is 1. The molecule has 5 heteroatoms. The molecule has 90 valence electrons. The summed E-state index contributed by atoms with van der Waals surface area (Å²) in [6.07, 6.45) is 2.60. The molecule has 0 amide bonds. The maximum Gasteiger partial charge on any atom is 0.294 e. The van der Waals surface area contributed by atoms with Gasteiger partial charge in [0.05, 0.1) is 4.90 Å². The summed E-state index contributed by atoms with van der Waals surface area (Å²) in [5.74, 6) is 0.608. The van der Waals surface area contributed by atoms with E-state index in [1.807, 2.05) is 6.92 Å². The van der Waals surface area contributed by atoms with Crippen LogP contribution < -0.4 is 0 Å². The summed E-state index contributed by atoms with van der Waals surface area (Å²) in [6.45, 7) is 1.92. The zero-order chi connectivity index (χ0) is 12.2. The van der Waals surface area contributed by atoms with Crippen LogP contribution in [0.3, 0.4) is 0 Å². The van der Waals surface area contributed by atoms with E-state index in [-0.39, 0.29) is 4.90 Å². The third-order valence-corrected chi connectivity index (χ3v) is 3.57. The van der Waals surface area contributed by atoms with E-state index >= 15 is 0 Å². The molecule has 0 saturated carbocycles. The monoisotopic (exact) mass is 262 g/mol. The Bertz CT molecular complexity index is 454. The molecule has 0 aliphatic rings.